The summed E-state index contributed by atoms with van der Waals surface area (Å²) in [5.74, 6) is 1.60. The molecule has 4 aromatic rings. The molecule has 0 fully saturated rings. The zero-order valence-corrected chi connectivity index (χ0v) is 20.9. The van der Waals surface area contributed by atoms with Gasteiger partial charge in [0.2, 0.25) is 0 Å². The molecule has 1 amide bonds. The van der Waals surface area contributed by atoms with Crippen molar-refractivity contribution in [1.29, 1.82) is 0 Å². The van der Waals surface area contributed by atoms with Crippen LogP contribution in [0, 0.1) is 0 Å². The third kappa shape index (κ3) is 5.02. The molecule has 0 aliphatic rings. The molecule has 2 heterocycles. The van der Waals surface area contributed by atoms with E-state index in [0.717, 1.165) is 17.4 Å². The van der Waals surface area contributed by atoms with Gasteiger partial charge in [0.15, 0.2) is 28.3 Å². The molecule has 0 saturated carbocycles. The second-order valence-electron chi connectivity index (χ2n) is 7.77. The van der Waals surface area contributed by atoms with E-state index < -0.39 is 0 Å². The number of methoxy groups -OCH3 is 2. The first-order chi connectivity index (χ1) is 17.0. The van der Waals surface area contributed by atoms with Crippen molar-refractivity contribution in [1.82, 2.24) is 24.6 Å². The van der Waals surface area contributed by atoms with Crippen LogP contribution in [0.1, 0.15) is 33.5 Å². The van der Waals surface area contributed by atoms with Crippen molar-refractivity contribution in [3.63, 3.8) is 0 Å². The Hall–Kier alpha value is -3.79. The minimum atomic E-state index is -0.273. The molecular formula is C25H27N5O4S. The zero-order valence-electron chi connectivity index (χ0n) is 20.1. The molecule has 182 valence electrons. The number of hydrogen-bond acceptors (Lipinski definition) is 7. The van der Waals surface area contributed by atoms with E-state index in [2.05, 4.69) is 27.0 Å². The fraction of sp³-hybridized carbons (Fsp3) is 0.280. The number of amides is 1. The summed E-state index contributed by atoms with van der Waals surface area (Å²) < 4.78 is 14.3. The van der Waals surface area contributed by atoms with Crippen LogP contribution in [0.5, 0.6) is 11.5 Å². The lowest BCUT2D eigenvalue weighted by Gasteiger charge is -2.10. The Labute approximate surface area is 207 Å². The molecule has 0 aliphatic carbocycles. The summed E-state index contributed by atoms with van der Waals surface area (Å²) in [7, 11) is 4.87. The summed E-state index contributed by atoms with van der Waals surface area (Å²) in [6, 6.07) is 12.9. The molecule has 0 atom stereocenters. The van der Waals surface area contributed by atoms with Crippen LogP contribution in [0.4, 0.5) is 0 Å². The van der Waals surface area contributed by atoms with Crippen LogP contribution in [0.3, 0.4) is 0 Å². The van der Waals surface area contributed by atoms with E-state index in [1.165, 1.54) is 26.0 Å². The lowest BCUT2D eigenvalue weighted by Crippen LogP contribution is -2.24. The lowest BCUT2D eigenvalue weighted by atomic mass is 10.1. The van der Waals surface area contributed by atoms with E-state index in [0.29, 0.717) is 33.6 Å². The SMILES string of the molecule is CCn1cc(C(=O)CSc2nnc(CNC(=O)c3ccc(OC)c(OC)c3)n2C)c2ccccc21. The number of carbonyl (C=O) groups is 2. The quantitative estimate of drug-likeness (QED) is 0.265. The molecule has 0 aliphatic heterocycles. The summed E-state index contributed by atoms with van der Waals surface area (Å²) in [6.07, 6.45) is 1.92. The van der Waals surface area contributed by atoms with Crippen LogP contribution >= 0.6 is 11.8 Å². The van der Waals surface area contributed by atoms with Gasteiger partial charge in [0, 0.05) is 41.8 Å². The molecule has 9 nitrogen and oxygen atoms in total. The van der Waals surface area contributed by atoms with Crippen LogP contribution < -0.4 is 14.8 Å². The number of ketones is 1. The second-order valence-corrected chi connectivity index (χ2v) is 8.71. The number of hydrogen-bond donors (Lipinski definition) is 1. The number of aryl methyl sites for hydroxylation is 1. The van der Waals surface area contributed by atoms with Gasteiger partial charge in [0.25, 0.3) is 5.91 Å². The maximum absolute atomic E-state index is 13.0. The van der Waals surface area contributed by atoms with Crippen LogP contribution in [0.15, 0.2) is 53.8 Å². The summed E-state index contributed by atoms with van der Waals surface area (Å²) in [6.45, 7) is 3.04. The number of para-hydroxylation sites is 1. The highest BCUT2D eigenvalue weighted by molar-refractivity contribution is 7.99. The third-order valence-corrected chi connectivity index (χ3v) is 6.76. The maximum Gasteiger partial charge on any atom is 0.251 e. The van der Waals surface area contributed by atoms with Gasteiger partial charge in [-0.15, -0.1) is 10.2 Å². The van der Waals surface area contributed by atoms with E-state index >= 15 is 0 Å². The Morgan fingerprint density at radius 1 is 1.06 bits per heavy atom. The highest BCUT2D eigenvalue weighted by Crippen LogP contribution is 2.28. The fourth-order valence-corrected chi connectivity index (χ4v) is 4.62. The van der Waals surface area contributed by atoms with Crippen LogP contribution in [0.25, 0.3) is 10.9 Å². The van der Waals surface area contributed by atoms with Gasteiger partial charge < -0.3 is 23.9 Å². The predicted octanol–water partition coefficient (Wildman–Crippen LogP) is 3.71. The lowest BCUT2D eigenvalue weighted by molar-refractivity contribution is 0.0948. The van der Waals surface area contributed by atoms with E-state index in [4.69, 9.17) is 9.47 Å². The number of fused-ring (bicyclic) bond motifs is 1. The van der Waals surface area contributed by atoms with Crippen LogP contribution in [-0.4, -0.2) is 51.0 Å². The summed E-state index contributed by atoms with van der Waals surface area (Å²) in [4.78, 5) is 25.6. The van der Waals surface area contributed by atoms with Crippen molar-refractivity contribution < 1.29 is 19.1 Å². The number of nitrogens with zero attached hydrogens (tertiary/aromatic N) is 4. The Morgan fingerprint density at radius 2 is 1.83 bits per heavy atom. The van der Waals surface area contributed by atoms with E-state index in [1.54, 1.807) is 22.8 Å². The minimum absolute atomic E-state index is 0.0321. The Kier molecular flexibility index (Phi) is 7.40. The number of nitrogens with one attached hydrogen (secondary N) is 1. The van der Waals surface area contributed by atoms with E-state index in [-0.39, 0.29) is 24.0 Å². The molecular weight excluding hydrogens is 466 g/mol. The minimum Gasteiger partial charge on any atom is -0.493 e. The summed E-state index contributed by atoms with van der Waals surface area (Å²) >= 11 is 1.32. The van der Waals surface area contributed by atoms with E-state index in [1.807, 2.05) is 37.5 Å². The number of thioether (sulfide) groups is 1. The van der Waals surface area contributed by atoms with Crippen LogP contribution in [-0.2, 0) is 20.1 Å². The van der Waals surface area contributed by atoms with Crippen molar-refractivity contribution in [2.75, 3.05) is 20.0 Å². The van der Waals surface area contributed by atoms with Gasteiger partial charge in [-0.3, -0.25) is 9.59 Å². The standard InChI is InChI=1S/C25H27N5O4S/c1-5-30-14-18(17-8-6-7-9-19(17)30)20(31)15-35-25-28-27-23(29(25)2)13-26-24(32)16-10-11-21(33-3)22(12-16)34-4/h6-12,14H,5,13,15H2,1-4H3,(H,26,32). The van der Waals surface area contributed by atoms with Crippen LogP contribution in [0.2, 0.25) is 0 Å². The monoisotopic (exact) mass is 493 g/mol. The number of ether oxygens (including phenoxy) is 2. The molecule has 0 radical (unpaired) electrons. The molecule has 0 unspecified atom stereocenters. The van der Waals surface area contributed by atoms with Gasteiger partial charge in [-0.1, -0.05) is 30.0 Å². The number of carbonyl (C=O) groups excluding carboxylic acids is 2. The van der Waals surface area contributed by atoms with Gasteiger partial charge in [-0.2, -0.15) is 0 Å². The second kappa shape index (κ2) is 10.6. The molecule has 1 N–H and O–H groups in total. The highest BCUT2D eigenvalue weighted by atomic mass is 32.2. The number of Topliss-reactive ketones (excluding diaryl/α,β-unsaturated/α-hetero) is 1. The highest BCUT2D eigenvalue weighted by Gasteiger charge is 2.18. The largest absolute Gasteiger partial charge is 0.493 e. The average molecular weight is 494 g/mol. The molecule has 35 heavy (non-hydrogen) atoms. The molecule has 2 aromatic heterocycles. The topological polar surface area (TPSA) is 100 Å². The van der Waals surface area contributed by atoms with Gasteiger partial charge in [0.05, 0.1) is 26.5 Å². The summed E-state index contributed by atoms with van der Waals surface area (Å²) in [5.41, 5.74) is 2.20. The van der Waals surface area contributed by atoms with Crippen molar-refractivity contribution in [2.24, 2.45) is 7.05 Å². The van der Waals surface area contributed by atoms with Gasteiger partial charge in [0.1, 0.15) is 0 Å². The smallest absolute Gasteiger partial charge is 0.251 e. The zero-order chi connectivity index (χ0) is 24.9. The average Bonchev–Trinajstić information content (AvgIpc) is 3.45. The van der Waals surface area contributed by atoms with Crippen molar-refractivity contribution in [3.8, 4) is 11.5 Å². The first kappa shape index (κ1) is 24.3. The van der Waals surface area contributed by atoms with Crippen molar-refractivity contribution >= 4 is 34.4 Å². The molecule has 0 saturated heterocycles. The first-order valence-electron chi connectivity index (χ1n) is 11.1. The maximum atomic E-state index is 13.0. The Morgan fingerprint density at radius 3 is 2.57 bits per heavy atom. The molecule has 0 spiro atoms. The number of aromatic nitrogens is 4. The molecule has 4 rings (SSSR count). The predicted molar refractivity (Wildman–Crippen MR) is 134 cm³/mol. The van der Waals surface area contributed by atoms with Gasteiger partial charge in [-0.25, -0.2) is 0 Å². The van der Waals surface area contributed by atoms with Gasteiger partial charge in [-0.05, 0) is 31.2 Å². The fourth-order valence-electron chi connectivity index (χ4n) is 3.80. The van der Waals surface area contributed by atoms with E-state index in [9.17, 15) is 9.59 Å². The molecule has 2 aromatic carbocycles. The normalized spacial score (nSPS) is 11.0. The van der Waals surface area contributed by atoms with Crippen molar-refractivity contribution in [2.45, 2.75) is 25.2 Å². The number of rotatable bonds is 10. The third-order valence-electron chi connectivity index (χ3n) is 5.74. The van der Waals surface area contributed by atoms with Crippen molar-refractivity contribution in [3.05, 3.63) is 65.6 Å². The molecule has 10 heteroatoms. The number of benzene rings is 2. The molecule has 0 bridgehead atoms. The van der Waals surface area contributed by atoms with Gasteiger partial charge >= 0.3 is 0 Å². The Balaban J connectivity index is 1.39. The summed E-state index contributed by atoms with van der Waals surface area (Å²) in [5, 5.41) is 12.8. The first-order valence-corrected chi connectivity index (χ1v) is 12.1. The Bertz CT molecular complexity index is 1380.